The summed E-state index contributed by atoms with van der Waals surface area (Å²) in [5, 5.41) is -0.728. The lowest BCUT2D eigenvalue weighted by Gasteiger charge is -2.27. The van der Waals surface area contributed by atoms with E-state index in [2.05, 4.69) is 0 Å². The van der Waals surface area contributed by atoms with E-state index in [1.807, 2.05) is 0 Å². The second-order valence-electron chi connectivity index (χ2n) is 7.78. The Labute approximate surface area is 181 Å². The molecular formula is C21H23FN2O5S2. The van der Waals surface area contributed by atoms with Crippen LogP contribution in [0.2, 0.25) is 0 Å². The van der Waals surface area contributed by atoms with Gasteiger partial charge in [0.15, 0.2) is 9.84 Å². The minimum Gasteiger partial charge on any atom is -0.340 e. The maximum Gasteiger partial charge on any atom is 0.243 e. The predicted octanol–water partition coefficient (Wildman–Crippen LogP) is 2.05. The van der Waals surface area contributed by atoms with Crippen LogP contribution in [0.5, 0.6) is 0 Å². The molecule has 2 saturated heterocycles. The molecular weight excluding hydrogens is 443 g/mol. The smallest absolute Gasteiger partial charge is 0.243 e. The van der Waals surface area contributed by atoms with Crippen LogP contribution in [0.15, 0.2) is 64.4 Å². The molecule has 2 heterocycles. The Bertz CT molecular complexity index is 1190. The van der Waals surface area contributed by atoms with Crippen molar-refractivity contribution in [3.63, 3.8) is 0 Å². The topological polar surface area (TPSA) is 91.8 Å². The number of likely N-dealkylation sites (tertiary alicyclic amines) is 1. The van der Waals surface area contributed by atoms with Gasteiger partial charge < -0.3 is 4.90 Å². The zero-order valence-corrected chi connectivity index (χ0v) is 18.4. The fourth-order valence-corrected chi connectivity index (χ4v) is 7.63. The summed E-state index contributed by atoms with van der Waals surface area (Å²) >= 11 is 0. The number of carbonyl (C=O) groups is 1. The van der Waals surface area contributed by atoms with E-state index in [-0.39, 0.29) is 29.4 Å². The van der Waals surface area contributed by atoms with Gasteiger partial charge in [0, 0.05) is 19.6 Å². The number of hydrogen-bond acceptors (Lipinski definition) is 5. The van der Waals surface area contributed by atoms with Gasteiger partial charge in [0.05, 0.1) is 15.0 Å². The molecule has 2 fully saturated rings. The fourth-order valence-electron chi connectivity index (χ4n) is 4.23. The molecule has 10 heteroatoms. The van der Waals surface area contributed by atoms with Crippen molar-refractivity contribution < 1.29 is 26.0 Å². The highest BCUT2D eigenvalue weighted by molar-refractivity contribution is 7.92. The lowest BCUT2D eigenvalue weighted by atomic mass is 10.2. The Kier molecular flexibility index (Phi) is 5.89. The van der Waals surface area contributed by atoms with E-state index >= 15 is 0 Å². The molecule has 2 aromatic rings. The van der Waals surface area contributed by atoms with Gasteiger partial charge in [-0.1, -0.05) is 24.3 Å². The average molecular weight is 467 g/mol. The lowest BCUT2D eigenvalue weighted by molar-refractivity contribution is -0.133. The molecule has 0 bridgehead atoms. The van der Waals surface area contributed by atoms with Crippen molar-refractivity contribution >= 4 is 25.8 Å². The zero-order valence-electron chi connectivity index (χ0n) is 16.7. The van der Waals surface area contributed by atoms with Gasteiger partial charge in [0.2, 0.25) is 15.9 Å². The van der Waals surface area contributed by atoms with Crippen LogP contribution in [-0.4, -0.2) is 62.9 Å². The van der Waals surface area contributed by atoms with Crippen molar-refractivity contribution in [2.75, 3.05) is 19.6 Å². The Balaban J connectivity index is 1.52. The number of amides is 1. The van der Waals surface area contributed by atoms with Gasteiger partial charge in [0.1, 0.15) is 11.9 Å². The Hall–Kier alpha value is -2.30. The minimum atomic E-state index is -4.04. The van der Waals surface area contributed by atoms with Gasteiger partial charge in [-0.3, -0.25) is 4.79 Å². The molecule has 166 valence electrons. The van der Waals surface area contributed by atoms with Gasteiger partial charge in [-0.15, -0.1) is 0 Å². The van der Waals surface area contributed by atoms with E-state index in [0.717, 1.165) is 16.4 Å². The number of carbonyl (C=O) groups excluding carboxylic acids is 1. The molecule has 2 unspecified atom stereocenters. The quantitative estimate of drug-likeness (QED) is 0.673. The average Bonchev–Trinajstić information content (AvgIpc) is 3.44. The molecule has 0 radical (unpaired) electrons. The van der Waals surface area contributed by atoms with Gasteiger partial charge in [-0.25, -0.2) is 21.2 Å². The molecule has 0 saturated carbocycles. The first-order valence-corrected chi connectivity index (χ1v) is 13.0. The molecule has 31 heavy (non-hydrogen) atoms. The highest BCUT2D eigenvalue weighted by Crippen LogP contribution is 2.30. The summed E-state index contributed by atoms with van der Waals surface area (Å²) in [6.45, 7) is 0.440. The van der Waals surface area contributed by atoms with E-state index in [1.165, 1.54) is 29.2 Å². The highest BCUT2D eigenvalue weighted by atomic mass is 32.2. The molecule has 2 aliphatic rings. The lowest BCUT2D eigenvalue weighted by Crippen LogP contribution is -2.47. The number of benzene rings is 2. The maximum absolute atomic E-state index is 13.6. The summed E-state index contributed by atoms with van der Waals surface area (Å²) in [5.41, 5.74) is 0. The van der Waals surface area contributed by atoms with Gasteiger partial charge >= 0.3 is 0 Å². The molecule has 7 nitrogen and oxygen atoms in total. The highest BCUT2D eigenvalue weighted by Gasteiger charge is 2.44. The number of halogens is 1. The molecule has 2 atom stereocenters. The van der Waals surface area contributed by atoms with E-state index in [4.69, 9.17) is 0 Å². The molecule has 2 aromatic carbocycles. The van der Waals surface area contributed by atoms with Crippen LogP contribution >= 0.6 is 0 Å². The van der Waals surface area contributed by atoms with E-state index in [0.29, 0.717) is 19.3 Å². The Morgan fingerprint density at radius 1 is 0.903 bits per heavy atom. The number of sulfonamides is 1. The number of sulfone groups is 1. The molecule has 4 rings (SSSR count). The largest absolute Gasteiger partial charge is 0.340 e. The summed E-state index contributed by atoms with van der Waals surface area (Å²) < 4.78 is 66.5. The van der Waals surface area contributed by atoms with E-state index in [9.17, 15) is 26.0 Å². The summed E-state index contributed by atoms with van der Waals surface area (Å²) in [7, 11) is -7.63. The maximum atomic E-state index is 13.6. The molecule has 0 aromatic heterocycles. The first kappa shape index (κ1) is 21.9. The van der Waals surface area contributed by atoms with Crippen LogP contribution in [0.4, 0.5) is 4.39 Å². The molecule has 0 aliphatic carbocycles. The fraction of sp³-hybridized carbons (Fsp3) is 0.381. The molecule has 1 amide bonds. The third-order valence-electron chi connectivity index (χ3n) is 5.86. The number of rotatable bonds is 5. The Morgan fingerprint density at radius 3 is 2.32 bits per heavy atom. The zero-order chi connectivity index (χ0) is 22.2. The van der Waals surface area contributed by atoms with Crippen LogP contribution in [0, 0.1) is 5.82 Å². The van der Waals surface area contributed by atoms with Gasteiger partial charge in [-0.2, -0.15) is 4.31 Å². The van der Waals surface area contributed by atoms with Crippen molar-refractivity contribution in [1.82, 2.24) is 9.21 Å². The van der Waals surface area contributed by atoms with Gasteiger partial charge in [0.25, 0.3) is 0 Å². The number of hydrogen-bond donors (Lipinski definition) is 0. The normalized spacial score (nSPS) is 22.7. The van der Waals surface area contributed by atoms with E-state index in [1.54, 1.807) is 18.2 Å². The minimum absolute atomic E-state index is 0.0282. The van der Waals surface area contributed by atoms with Crippen LogP contribution in [0.3, 0.4) is 0 Å². The summed E-state index contributed by atoms with van der Waals surface area (Å²) in [6.07, 6.45) is 1.15. The first-order chi connectivity index (χ1) is 14.7. The van der Waals surface area contributed by atoms with Crippen LogP contribution in [-0.2, 0) is 24.7 Å². The van der Waals surface area contributed by atoms with Crippen molar-refractivity contribution in [1.29, 1.82) is 0 Å². The molecule has 0 spiro atoms. The van der Waals surface area contributed by atoms with Crippen LogP contribution < -0.4 is 0 Å². The molecule has 2 aliphatic heterocycles. The van der Waals surface area contributed by atoms with Crippen LogP contribution in [0.1, 0.15) is 19.3 Å². The second-order valence-corrected chi connectivity index (χ2v) is 11.9. The van der Waals surface area contributed by atoms with E-state index < -0.39 is 42.9 Å². The van der Waals surface area contributed by atoms with Gasteiger partial charge in [-0.05, 0) is 49.6 Å². The van der Waals surface area contributed by atoms with Crippen LogP contribution in [0.25, 0.3) is 0 Å². The summed E-state index contributed by atoms with van der Waals surface area (Å²) in [6, 6.07) is 11.9. The van der Waals surface area contributed by atoms with Crippen molar-refractivity contribution in [3.05, 3.63) is 60.4 Å². The SMILES string of the molecule is O=C(C1CCCN1S(=O)(=O)c1cccc(F)c1)N1CCC(S(=O)(=O)c2ccccc2)C1. The third-order valence-corrected chi connectivity index (χ3v) is 9.95. The standard InChI is InChI=1S/C21H23FN2O5S2/c22-16-6-4-9-18(14-16)31(28,29)24-12-5-10-20(24)21(25)23-13-11-19(15-23)30(26,27)17-7-2-1-3-8-17/h1-4,6-9,14,19-20H,5,10-13,15H2. The third kappa shape index (κ3) is 4.11. The predicted molar refractivity (Wildman–Crippen MR) is 112 cm³/mol. The summed E-state index contributed by atoms with van der Waals surface area (Å²) in [5.74, 6) is -1.07. The summed E-state index contributed by atoms with van der Waals surface area (Å²) in [4.78, 5) is 14.6. The second kappa shape index (κ2) is 8.33. The Morgan fingerprint density at radius 2 is 1.61 bits per heavy atom. The monoisotopic (exact) mass is 466 g/mol. The molecule has 0 N–H and O–H groups in total. The van der Waals surface area contributed by atoms with Crippen molar-refractivity contribution in [2.24, 2.45) is 0 Å². The first-order valence-electron chi connectivity index (χ1n) is 10.1. The number of nitrogens with zero attached hydrogens (tertiary/aromatic N) is 2. The van der Waals surface area contributed by atoms with Crippen molar-refractivity contribution in [2.45, 2.75) is 40.3 Å². The van der Waals surface area contributed by atoms with Crippen molar-refractivity contribution in [3.8, 4) is 0 Å².